The molecule has 2 atom stereocenters. The van der Waals surface area contributed by atoms with Crippen molar-refractivity contribution in [2.45, 2.75) is 38.8 Å². The van der Waals surface area contributed by atoms with Gasteiger partial charge in [-0.05, 0) is 48.6 Å². The highest BCUT2D eigenvalue weighted by Gasteiger charge is 2.49. The van der Waals surface area contributed by atoms with Crippen LogP contribution in [-0.2, 0) is 16.1 Å². The molecule has 162 valence electrons. The number of hydrogen-bond donors (Lipinski definition) is 1. The third-order valence-corrected chi connectivity index (χ3v) is 6.61. The van der Waals surface area contributed by atoms with Crippen molar-refractivity contribution in [3.8, 4) is 0 Å². The number of aromatic nitrogens is 3. The van der Waals surface area contributed by atoms with Gasteiger partial charge in [-0.1, -0.05) is 36.4 Å². The van der Waals surface area contributed by atoms with Crippen LogP contribution in [0.1, 0.15) is 40.6 Å². The van der Waals surface area contributed by atoms with Gasteiger partial charge in [0.2, 0.25) is 5.78 Å². The molecule has 6 heteroatoms. The molecule has 0 radical (unpaired) electrons. The zero-order chi connectivity index (χ0) is 22.2. The number of fused-ring (bicyclic) bond motifs is 1. The van der Waals surface area contributed by atoms with Gasteiger partial charge in [-0.15, -0.1) is 0 Å². The molecule has 0 saturated carbocycles. The standard InChI is InChI=1S/C26H26N4O2/c1-17-8-9-19(14-18(17)2)24-23(21-15-28-22-7-4-3-6-20(21)22)25(31)26(32)30(24)12-5-11-29-13-10-27-16-29/h3-4,6-10,13-16,23-24,28H,5,11-12H2,1-2H3. The molecule has 0 bridgehead atoms. The van der Waals surface area contributed by atoms with Crippen LogP contribution in [0, 0.1) is 13.8 Å². The summed E-state index contributed by atoms with van der Waals surface area (Å²) in [5.41, 5.74) is 5.22. The van der Waals surface area contributed by atoms with Crippen molar-refractivity contribution in [1.29, 1.82) is 0 Å². The molecule has 1 aliphatic heterocycles. The number of Topliss-reactive ketones (excluding diaryl/α,β-unsaturated/α-hetero) is 1. The van der Waals surface area contributed by atoms with Crippen LogP contribution in [0.15, 0.2) is 67.4 Å². The number of H-pyrrole nitrogens is 1. The van der Waals surface area contributed by atoms with Crippen LogP contribution in [0.4, 0.5) is 0 Å². The van der Waals surface area contributed by atoms with E-state index in [9.17, 15) is 9.59 Å². The first-order valence-electron chi connectivity index (χ1n) is 11.0. The number of nitrogens with zero attached hydrogens (tertiary/aromatic N) is 3. The van der Waals surface area contributed by atoms with Gasteiger partial charge in [0, 0.05) is 42.6 Å². The SMILES string of the molecule is Cc1ccc(C2C(c3c[nH]c4ccccc34)C(=O)C(=O)N2CCCn2ccnc2)cc1C. The van der Waals surface area contributed by atoms with E-state index in [1.165, 1.54) is 5.56 Å². The molecule has 6 nitrogen and oxygen atoms in total. The Kier molecular flexibility index (Phi) is 5.13. The molecule has 3 heterocycles. The first kappa shape index (κ1) is 20.2. The molecule has 1 aliphatic rings. The molecule has 1 N–H and O–H groups in total. The van der Waals surface area contributed by atoms with Crippen LogP contribution in [0.2, 0.25) is 0 Å². The van der Waals surface area contributed by atoms with Crippen LogP contribution in [-0.4, -0.2) is 37.7 Å². The number of aromatic amines is 1. The van der Waals surface area contributed by atoms with Gasteiger partial charge >= 0.3 is 0 Å². The zero-order valence-corrected chi connectivity index (χ0v) is 18.3. The number of hydrogen-bond acceptors (Lipinski definition) is 3. The number of para-hydroxylation sites is 1. The maximum Gasteiger partial charge on any atom is 0.291 e. The Morgan fingerprint density at radius 1 is 1.03 bits per heavy atom. The third-order valence-electron chi connectivity index (χ3n) is 6.61. The van der Waals surface area contributed by atoms with E-state index in [1.807, 2.05) is 41.2 Å². The molecule has 2 aromatic carbocycles. The average molecular weight is 427 g/mol. The molecule has 5 rings (SSSR count). The fraction of sp³-hybridized carbons (Fsp3) is 0.269. The van der Waals surface area contributed by atoms with Crippen LogP contribution < -0.4 is 0 Å². The normalized spacial score (nSPS) is 18.8. The molecule has 1 saturated heterocycles. The monoisotopic (exact) mass is 426 g/mol. The highest BCUT2D eigenvalue weighted by atomic mass is 16.2. The van der Waals surface area contributed by atoms with Crippen molar-refractivity contribution in [1.82, 2.24) is 19.4 Å². The number of benzene rings is 2. The number of ketones is 1. The number of carbonyl (C=O) groups excluding carboxylic acids is 2. The van der Waals surface area contributed by atoms with Gasteiger partial charge in [0.25, 0.3) is 5.91 Å². The fourth-order valence-electron chi connectivity index (χ4n) is 4.79. The molecular weight excluding hydrogens is 400 g/mol. The van der Waals surface area contributed by atoms with E-state index in [2.05, 4.69) is 42.0 Å². The van der Waals surface area contributed by atoms with Crippen molar-refractivity contribution < 1.29 is 9.59 Å². The number of likely N-dealkylation sites (tertiary alicyclic amines) is 1. The largest absolute Gasteiger partial charge is 0.361 e. The van der Waals surface area contributed by atoms with Crippen molar-refractivity contribution in [2.75, 3.05) is 6.54 Å². The Bertz CT molecular complexity index is 1290. The highest BCUT2D eigenvalue weighted by molar-refractivity contribution is 6.40. The number of rotatable bonds is 6. The molecule has 2 unspecified atom stereocenters. The van der Waals surface area contributed by atoms with E-state index < -0.39 is 11.8 Å². The maximum atomic E-state index is 13.4. The number of aryl methyl sites for hydroxylation is 3. The quantitative estimate of drug-likeness (QED) is 0.467. The number of imidazole rings is 1. The summed E-state index contributed by atoms with van der Waals surface area (Å²) in [5.74, 6) is -1.26. The van der Waals surface area contributed by atoms with Gasteiger partial charge in [0.1, 0.15) is 0 Å². The Morgan fingerprint density at radius 2 is 1.88 bits per heavy atom. The number of amides is 1. The minimum atomic E-state index is -0.533. The summed E-state index contributed by atoms with van der Waals surface area (Å²) in [5, 5.41) is 0.993. The minimum absolute atomic E-state index is 0.323. The Morgan fingerprint density at radius 3 is 2.66 bits per heavy atom. The van der Waals surface area contributed by atoms with E-state index in [0.717, 1.165) is 40.6 Å². The van der Waals surface area contributed by atoms with Crippen LogP contribution in [0.5, 0.6) is 0 Å². The Hall–Kier alpha value is -3.67. The lowest BCUT2D eigenvalue weighted by molar-refractivity contribution is -0.140. The van der Waals surface area contributed by atoms with Crippen molar-refractivity contribution >= 4 is 22.6 Å². The van der Waals surface area contributed by atoms with Gasteiger partial charge in [-0.2, -0.15) is 0 Å². The van der Waals surface area contributed by atoms with Crippen LogP contribution >= 0.6 is 0 Å². The predicted octanol–water partition coefficient (Wildman–Crippen LogP) is 4.31. The lowest BCUT2D eigenvalue weighted by Gasteiger charge is -2.28. The van der Waals surface area contributed by atoms with E-state index in [0.29, 0.717) is 6.54 Å². The lowest BCUT2D eigenvalue weighted by Crippen LogP contribution is -2.31. The van der Waals surface area contributed by atoms with Gasteiger partial charge < -0.3 is 14.5 Å². The topological polar surface area (TPSA) is 71.0 Å². The number of nitrogens with one attached hydrogen (secondary N) is 1. The summed E-state index contributed by atoms with van der Waals surface area (Å²) in [6, 6.07) is 13.9. The predicted molar refractivity (Wildman–Crippen MR) is 123 cm³/mol. The Balaban J connectivity index is 1.55. The van der Waals surface area contributed by atoms with E-state index in [-0.39, 0.29) is 11.8 Å². The molecule has 1 amide bonds. The number of carbonyl (C=O) groups is 2. The van der Waals surface area contributed by atoms with Gasteiger partial charge in [-0.3, -0.25) is 9.59 Å². The molecule has 32 heavy (non-hydrogen) atoms. The van der Waals surface area contributed by atoms with E-state index in [1.54, 1.807) is 17.4 Å². The molecule has 2 aromatic heterocycles. The second kappa shape index (κ2) is 8.11. The van der Waals surface area contributed by atoms with E-state index >= 15 is 0 Å². The molecule has 0 spiro atoms. The summed E-state index contributed by atoms with van der Waals surface area (Å²) in [6.45, 7) is 5.40. The summed E-state index contributed by atoms with van der Waals surface area (Å²) in [4.78, 5) is 35.7. The first-order chi connectivity index (χ1) is 15.5. The minimum Gasteiger partial charge on any atom is -0.361 e. The summed E-state index contributed by atoms with van der Waals surface area (Å²) >= 11 is 0. The zero-order valence-electron chi connectivity index (χ0n) is 18.3. The maximum absolute atomic E-state index is 13.4. The summed E-state index contributed by atoms with van der Waals surface area (Å²) < 4.78 is 1.99. The van der Waals surface area contributed by atoms with E-state index in [4.69, 9.17) is 0 Å². The van der Waals surface area contributed by atoms with Crippen molar-refractivity contribution in [2.24, 2.45) is 0 Å². The molecule has 4 aromatic rings. The van der Waals surface area contributed by atoms with Crippen LogP contribution in [0.25, 0.3) is 10.9 Å². The average Bonchev–Trinajstić information content (AvgIpc) is 3.51. The second-order valence-corrected chi connectivity index (χ2v) is 8.57. The molecule has 0 aliphatic carbocycles. The highest BCUT2D eigenvalue weighted by Crippen LogP contribution is 2.45. The molecular formula is C26H26N4O2. The lowest BCUT2D eigenvalue weighted by atomic mass is 9.85. The smallest absolute Gasteiger partial charge is 0.291 e. The first-order valence-corrected chi connectivity index (χ1v) is 11.0. The second-order valence-electron chi connectivity index (χ2n) is 8.57. The summed E-state index contributed by atoms with van der Waals surface area (Å²) in [6.07, 6.45) is 8.06. The Labute approximate surface area is 186 Å². The van der Waals surface area contributed by atoms with Crippen molar-refractivity contribution in [3.63, 3.8) is 0 Å². The third kappa shape index (κ3) is 3.42. The molecule has 1 fully saturated rings. The van der Waals surface area contributed by atoms with Gasteiger partial charge in [0.15, 0.2) is 0 Å². The van der Waals surface area contributed by atoms with Gasteiger partial charge in [-0.25, -0.2) is 4.98 Å². The van der Waals surface area contributed by atoms with Crippen LogP contribution in [0.3, 0.4) is 0 Å². The summed E-state index contributed by atoms with van der Waals surface area (Å²) in [7, 11) is 0. The van der Waals surface area contributed by atoms with Gasteiger partial charge in [0.05, 0.1) is 18.3 Å². The van der Waals surface area contributed by atoms with Crippen molar-refractivity contribution in [3.05, 3.63) is 89.6 Å². The fourth-order valence-corrected chi connectivity index (χ4v) is 4.79.